The van der Waals surface area contributed by atoms with Crippen molar-refractivity contribution in [3.05, 3.63) is 0 Å². The first-order valence-corrected chi connectivity index (χ1v) is 5.18. The first-order chi connectivity index (χ1) is 4.47. The summed E-state index contributed by atoms with van der Waals surface area (Å²) in [5.41, 5.74) is 0. The first-order valence-electron chi connectivity index (χ1n) is 2.14. The van der Waals surface area contributed by atoms with Crippen molar-refractivity contribution < 1.29 is 59.8 Å². The fraction of sp³-hybridized carbons (Fsp3) is 0. The van der Waals surface area contributed by atoms with Crippen LogP contribution in [0.3, 0.4) is 0 Å². The fourth-order valence-corrected chi connectivity index (χ4v) is 1.99. The van der Waals surface area contributed by atoms with Gasteiger partial charge in [0, 0.05) is 0 Å². The Kier molecular flexibility index (Phi) is 9.07. The van der Waals surface area contributed by atoms with Gasteiger partial charge in [-0.25, -0.2) is 4.79 Å². The third-order valence-electron chi connectivity index (χ3n) is 0.625. The van der Waals surface area contributed by atoms with Crippen LogP contribution in [0.4, 0.5) is 4.79 Å². The van der Waals surface area contributed by atoms with E-state index in [1.165, 1.54) is 0 Å². The molecule has 1 aliphatic rings. The molecule has 56 valence electrons. The summed E-state index contributed by atoms with van der Waals surface area (Å²) in [6.45, 7) is 0. The molecule has 0 bridgehead atoms. The Morgan fingerprint density at radius 3 is 2.00 bits per heavy atom. The molecule has 1 saturated heterocycles. The molecule has 1 aliphatic heterocycles. The van der Waals surface area contributed by atoms with Crippen LogP contribution < -0.4 is 43.9 Å². The van der Waals surface area contributed by atoms with Gasteiger partial charge in [0.2, 0.25) is 0 Å². The quantitative estimate of drug-likeness (QED) is 0.442. The molecule has 12 heavy (non-hydrogen) atoms. The topological polar surface area (TPSA) is 114 Å². The normalized spacial score (nSPS) is 14.6. The van der Waals surface area contributed by atoms with E-state index in [1.807, 2.05) is 0 Å². The van der Waals surface area contributed by atoms with Gasteiger partial charge in [-0.15, -0.1) is 0 Å². The van der Waals surface area contributed by atoms with Crippen molar-refractivity contribution in [2.45, 2.75) is 0 Å². The zero-order valence-corrected chi connectivity index (χ0v) is 12.5. The van der Waals surface area contributed by atoms with Crippen LogP contribution in [0.25, 0.3) is 0 Å². The molecule has 0 unspecified atom stereocenters. The van der Waals surface area contributed by atoms with Gasteiger partial charge in [0.05, 0.1) is 0 Å². The van der Waals surface area contributed by atoms with E-state index in [0.717, 1.165) is 0 Å². The van der Waals surface area contributed by atoms with Gasteiger partial charge in [-0.2, -0.15) is 9.05 Å². The van der Waals surface area contributed by atoms with Gasteiger partial charge in [0.15, 0.2) is 0 Å². The Balaban J connectivity index is 0. The Morgan fingerprint density at radius 2 is 1.75 bits per heavy atom. The zero-order chi connectivity index (χ0) is 7.78. The van der Waals surface area contributed by atoms with Gasteiger partial charge in [-0.1, -0.05) is 0 Å². The summed E-state index contributed by atoms with van der Waals surface area (Å²) >= 11 is -2.91. The second-order valence-corrected chi connectivity index (χ2v) is 4.38. The number of hydrogen-bond acceptors (Lipinski definition) is 7. The summed E-state index contributed by atoms with van der Waals surface area (Å²) in [4.78, 5) is 39.2. The first kappa shape index (κ1) is 16.5. The van der Waals surface area contributed by atoms with Crippen LogP contribution in [0, 0.1) is 0 Å². The minimum absolute atomic E-state index is 0. The van der Waals surface area contributed by atoms with E-state index in [4.69, 9.17) is 0 Å². The van der Waals surface area contributed by atoms with Crippen molar-refractivity contribution in [3.63, 3.8) is 0 Å². The Labute approximate surface area is 126 Å². The molecule has 0 atom stereocenters. The molecule has 11 heteroatoms. The average Bonchev–Trinajstić information content (AvgIpc) is 1.57. The molecule has 0 amide bonds. The predicted octanol–water partition coefficient (Wildman–Crippen LogP) is -7.71. The molecule has 0 radical (unpaired) electrons. The molecular weight excluding hydrogens is 242 g/mol. The number of carbonyl (C=O) groups excluding carboxylic acids is 1. The second kappa shape index (κ2) is 6.57. The van der Waals surface area contributed by atoms with Crippen molar-refractivity contribution >= 4 is 68.1 Å². The maximum atomic E-state index is 9.82. The van der Waals surface area contributed by atoms with Crippen LogP contribution in [-0.2, 0) is 11.1 Å². The third kappa shape index (κ3) is 6.55. The largest absolute Gasteiger partial charge is 2.00 e. The molecule has 0 aromatic carbocycles. The molecule has 1 rings (SSSR count). The van der Waals surface area contributed by atoms with E-state index in [2.05, 4.69) is 11.1 Å². The summed E-state index contributed by atoms with van der Waals surface area (Å²) < 4.78 is 11.7. The summed E-state index contributed by atoms with van der Waals surface area (Å²) in [6.07, 6.45) is -1.00. The van der Waals surface area contributed by atoms with E-state index in [1.54, 1.807) is 0 Å². The SMILES string of the molecule is O=C1[O][Al]([O][Si]([O-])([O-])[O-])[O]1.[Ca+2].[Na+]. The van der Waals surface area contributed by atoms with Crippen LogP contribution in [0.2, 0.25) is 0 Å². The van der Waals surface area contributed by atoms with Crippen molar-refractivity contribution in [1.82, 2.24) is 0 Å². The van der Waals surface area contributed by atoms with Crippen molar-refractivity contribution in [1.29, 1.82) is 0 Å². The minimum Gasteiger partial charge on any atom is -0.863 e. The van der Waals surface area contributed by atoms with Gasteiger partial charge in [0.1, 0.15) is 0 Å². The standard InChI is InChI=1S/CH2O3.Al.Ca.Na.O4Si/c2-1(3)4;;;;1-5(2,3)4/h(H2,2,3,4);;;;/q;+3;+2;+1;-4/p-2. The zero-order valence-electron chi connectivity index (χ0n) is 6.14. The molecule has 1 heterocycles. The molecular formula is CAlCaNaO7Si. The molecule has 0 saturated carbocycles. The monoisotopic (exact) mass is 242 g/mol. The van der Waals surface area contributed by atoms with Gasteiger partial charge < -0.3 is 25.4 Å². The summed E-state index contributed by atoms with van der Waals surface area (Å²) in [5.74, 6) is 0. The molecule has 0 N–H and O–H groups in total. The Morgan fingerprint density at radius 1 is 1.33 bits per heavy atom. The van der Waals surface area contributed by atoms with Gasteiger partial charge in [-0.05, 0) is 0 Å². The summed E-state index contributed by atoms with van der Waals surface area (Å²) in [7, 11) is -5.31. The van der Waals surface area contributed by atoms with Gasteiger partial charge in [0.25, 0.3) is 0 Å². The molecule has 0 aliphatic carbocycles. The fourth-order valence-electron chi connectivity index (χ4n) is 0.332. The van der Waals surface area contributed by atoms with Crippen LogP contribution in [0.15, 0.2) is 0 Å². The van der Waals surface area contributed by atoms with Crippen LogP contribution in [-0.4, -0.2) is 68.1 Å². The molecule has 0 aromatic rings. The van der Waals surface area contributed by atoms with Crippen molar-refractivity contribution in [3.8, 4) is 0 Å². The van der Waals surface area contributed by atoms with E-state index in [-0.39, 0.29) is 67.3 Å². The van der Waals surface area contributed by atoms with Crippen LogP contribution in [0.5, 0.6) is 0 Å². The van der Waals surface area contributed by atoms with Crippen molar-refractivity contribution in [2.24, 2.45) is 0 Å². The van der Waals surface area contributed by atoms with Gasteiger partial charge >= 0.3 is 88.6 Å². The number of rotatable bonds is 2. The van der Waals surface area contributed by atoms with E-state index < -0.39 is 30.4 Å². The number of carbonyl (C=O) groups is 1. The van der Waals surface area contributed by atoms with Crippen LogP contribution >= 0.6 is 0 Å². The third-order valence-corrected chi connectivity index (χ3v) is 3.32. The summed E-state index contributed by atoms with van der Waals surface area (Å²) in [5, 5.41) is 0. The molecule has 0 aromatic heterocycles. The Hall–Kier alpha value is 2.12. The maximum Gasteiger partial charge on any atom is 2.00 e. The summed E-state index contributed by atoms with van der Waals surface area (Å²) in [6, 6.07) is 0. The molecule has 0 spiro atoms. The average molecular weight is 242 g/mol. The molecule has 1 fully saturated rings. The van der Waals surface area contributed by atoms with Gasteiger partial charge in [-0.3, -0.25) is 0 Å². The Bertz CT molecular complexity index is 152. The maximum absolute atomic E-state index is 9.82. The second-order valence-electron chi connectivity index (χ2n) is 1.39. The van der Waals surface area contributed by atoms with E-state index >= 15 is 0 Å². The molecule has 7 nitrogen and oxygen atoms in total. The number of hydrogen-bond donors (Lipinski definition) is 0. The van der Waals surface area contributed by atoms with Crippen molar-refractivity contribution in [2.75, 3.05) is 0 Å². The van der Waals surface area contributed by atoms with Crippen LogP contribution in [0.1, 0.15) is 0 Å². The minimum atomic E-state index is -5.31. The predicted molar refractivity (Wildman–Crippen MR) is 25.9 cm³/mol. The smallest absolute Gasteiger partial charge is 0.863 e. The van der Waals surface area contributed by atoms with E-state index in [9.17, 15) is 19.2 Å². The van der Waals surface area contributed by atoms with E-state index in [0.29, 0.717) is 0 Å².